The minimum absolute atomic E-state index is 0.106. The smallest absolute Gasteiger partial charge is 0.417 e. The molecule has 3 rings (SSSR count). The third kappa shape index (κ3) is 3.83. The maximum Gasteiger partial charge on any atom is 0.417 e. The summed E-state index contributed by atoms with van der Waals surface area (Å²) >= 11 is 12.0. The fraction of sp³-hybridized carbons (Fsp3) is 0.412. The van der Waals surface area contributed by atoms with Crippen LogP contribution in [0.1, 0.15) is 32.4 Å². The Kier molecular flexibility index (Phi) is 5.48. The van der Waals surface area contributed by atoms with Crippen LogP contribution in [0.3, 0.4) is 0 Å². The van der Waals surface area contributed by atoms with Gasteiger partial charge in [-0.15, -0.1) is 0 Å². The Morgan fingerprint density at radius 1 is 1.23 bits per heavy atom. The number of rotatable bonds is 5. The van der Waals surface area contributed by atoms with Crippen LogP contribution in [0.2, 0.25) is 10.0 Å². The predicted molar refractivity (Wildman–Crippen MR) is 101 cm³/mol. The van der Waals surface area contributed by atoms with Crippen LogP contribution in [-0.2, 0) is 4.74 Å². The third-order valence-corrected chi connectivity index (χ3v) is 4.98. The van der Waals surface area contributed by atoms with E-state index in [2.05, 4.69) is 20.3 Å². The van der Waals surface area contributed by atoms with Gasteiger partial charge in [-0.25, -0.2) is 19.7 Å². The Hall–Kier alpha value is -2.12. The number of carbonyl (C=O) groups excluding carboxylic acids is 1. The lowest BCUT2D eigenvalue weighted by Crippen LogP contribution is -2.38. The van der Waals surface area contributed by atoms with Crippen molar-refractivity contribution in [1.29, 1.82) is 0 Å². The maximum absolute atomic E-state index is 12.1. The molecule has 1 aliphatic heterocycles. The lowest BCUT2D eigenvalue weighted by atomic mass is 10.1. The van der Waals surface area contributed by atoms with Crippen LogP contribution >= 0.6 is 23.2 Å². The summed E-state index contributed by atoms with van der Waals surface area (Å²) < 4.78 is 5.15. The molecule has 26 heavy (non-hydrogen) atoms. The molecule has 1 aliphatic rings. The number of ether oxygens (including phenoxy) is 1. The number of halogens is 2. The fourth-order valence-electron chi connectivity index (χ4n) is 2.69. The second-order valence-electron chi connectivity index (χ2n) is 6.41. The molecule has 9 heteroatoms. The van der Waals surface area contributed by atoms with Crippen LogP contribution in [0.15, 0.2) is 24.5 Å². The minimum Gasteiger partial charge on any atom is -0.447 e. The Balaban J connectivity index is 1.81. The molecule has 1 aromatic heterocycles. The van der Waals surface area contributed by atoms with Gasteiger partial charge in [0.25, 0.3) is 0 Å². The standard InChI is InChI=1S/C17H19Cl2N5O2/c1-9(2)14-7-26-17(25)24(14)16-21-8-20-15(23-16)22-10(3)11-4-5-12(18)13(19)6-11/h4-6,8-10,14H,7H2,1-3H3,(H,20,21,22,23)/t10-,14?/m1/s1. The van der Waals surface area contributed by atoms with E-state index >= 15 is 0 Å². The lowest BCUT2D eigenvalue weighted by molar-refractivity contribution is 0.177. The highest BCUT2D eigenvalue weighted by molar-refractivity contribution is 6.42. The zero-order valence-electron chi connectivity index (χ0n) is 14.6. The molecule has 0 radical (unpaired) electrons. The highest BCUT2D eigenvalue weighted by Crippen LogP contribution is 2.28. The number of cyclic esters (lactones) is 1. The zero-order chi connectivity index (χ0) is 18.8. The van der Waals surface area contributed by atoms with Crippen molar-refractivity contribution >= 4 is 41.2 Å². The molecule has 7 nitrogen and oxygen atoms in total. The number of hydrogen-bond donors (Lipinski definition) is 1. The molecule has 1 unspecified atom stereocenters. The SMILES string of the molecule is CC(C)C1COC(=O)N1c1ncnc(N[C@H](C)c2ccc(Cl)c(Cl)c2)n1. The molecular formula is C17H19Cl2N5O2. The van der Waals surface area contributed by atoms with Crippen molar-refractivity contribution in [2.75, 3.05) is 16.8 Å². The summed E-state index contributed by atoms with van der Waals surface area (Å²) in [4.78, 5) is 26.2. The minimum atomic E-state index is -0.446. The van der Waals surface area contributed by atoms with E-state index < -0.39 is 6.09 Å². The van der Waals surface area contributed by atoms with Gasteiger partial charge >= 0.3 is 6.09 Å². The van der Waals surface area contributed by atoms with E-state index in [1.54, 1.807) is 12.1 Å². The van der Waals surface area contributed by atoms with Gasteiger partial charge in [0.2, 0.25) is 11.9 Å². The van der Waals surface area contributed by atoms with Gasteiger partial charge in [0.1, 0.15) is 12.9 Å². The first-order chi connectivity index (χ1) is 12.4. The van der Waals surface area contributed by atoms with Crippen LogP contribution < -0.4 is 10.2 Å². The van der Waals surface area contributed by atoms with Gasteiger partial charge in [0.05, 0.1) is 22.1 Å². The van der Waals surface area contributed by atoms with E-state index in [-0.39, 0.29) is 23.9 Å². The predicted octanol–water partition coefficient (Wildman–Crippen LogP) is 4.33. The summed E-state index contributed by atoms with van der Waals surface area (Å²) in [6.07, 6.45) is 0.924. The molecule has 0 saturated carbocycles. The van der Waals surface area contributed by atoms with Gasteiger partial charge in [-0.3, -0.25) is 0 Å². The second-order valence-corrected chi connectivity index (χ2v) is 7.22. The Morgan fingerprint density at radius 2 is 2.00 bits per heavy atom. The summed E-state index contributed by atoms with van der Waals surface area (Å²) in [5, 5.41) is 4.16. The molecule has 138 valence electrons. The van der Waals surface area contributed by atoms with Crippen molar-refractivity contribution < 1.29 is 9.53 Å². The van der Waals surface area contributed by atoms with Gasteiger partial charge in [-0.05, 0) is 30.5 Å². The molecule has 0 bridgehead atoms. The van der Waals surface area contributed by atoms with E-state index in [1.807, 2.05) is 26.8 Å². The number of anilines is 2. The zero-order valence-corrected chi connectivity index (χ0v) is 16.1. The normalized spacial score (nSPS) is 18.2. The molecule has 2 aromatic rings. The van der Waals surface area contributed by atoms with Crippen molar-refractivity contribution in [2.45, 2.75) is 32.9 Å². The topological polar surface area (TPSA) is 80.2 Å². The molecular weight excluding hydrogens is 377 g/mol. The number of nitrogens with one attached hydrogen (secondary N) is 1. The Morgan fingerprint density at radius 3 is 2.69 bits per heavy atom. The van der Waals surface area contributed by atoms with Gasteiger partial charge in [-0.2, -0.15) is 4.98 Å². The molecule has 1 fully saturated rings. The average Bonchev–Trinajstić information content (AvgIpc) is 2.99. The fourth-order valence-corrected chi connectivity index (χ4v) is 3.00. The third-order valence-electron chi connectivity index (χ3n) is 4.24. The van der Waals surface area contributed by atoms with E-state index in [4.69, 9.17) is 27.9 Å². The van der Waals surface area contributed by atoms with Gasteiger partial charge in [-0.1, -0.05) is 43.1 Å². The first-order valence-corrected chi connectivity index (χ1v) is 8.99. The quantitative estimate of drug-likeness (QED) is 0.810. The molecule has 1 amide bonds. The van der Waals surface area contributed by atoms with Crippen molar-refractivity contribution in [3.63, 3.8) is 0 Å². The largest absolute Gasteiger partial charge is 0.447 e. The monoisotopic (exact) mass is 395 g/mol. The molecule has 1 saturated heterocycles. The average molecular weight is 396 g/mol. The van der Waals surface area contributed by atoms with E-state index in [1.165, 1.54) is 11.2 Å². The number of hydrogen-bond acceptors (Lipinski definition) is 6. The van der Waals surface area contributed by atoms with Crippen molar-refractivity contribution in [3.05, 3.63) is 40.1 Å². The number of amides is 1. The Labute approximate surface area is 161 Å². The molecule has 1 N–H and O–H groups in total. The first kappa shape index (κ1) is 18.7. The molecule has 1 aromatic carbocycles. The van der Waals surface area contributed by atoms with E-state index in [9.17, 15) is 4.79 Å². The highest BCUT2D eigenvalue weighted by atomic mass is 35.5. The Bertz CT molecular complexity index is 817. The van der Waals surface area contributed by atoms with E-state index in [0.29, 0.717) is 22.6 Å². The number of benzene rings is 1. The van der Waals surface area contributed by atoms with Crippen molar-refractivity contribution in [2.24, 2.45) is 5.92 Å². The van der Waals surface area contributed by atoms with Gasteiger partial charge in [0, 0.05) is 0 Å². The summed E-state index contributed by atoms with van der Waals surface area (Å²) in [6.45, 7) is 6.31. The summed E-state index contributed by atoms with van der Waals surface area (Å²) in [5.41, 5.74) is 0.932. The summed E-state index contributed by atoms with van der Waals surface area (Å²) in [7, 11) is 0. The summed E-state index contributed by atoms with van der Waals surface area (Å²) in [5.74, 6) is 0.838. The molecule has 2 heterocycles. The summed E-state index contributed by atoms with van der Waals surface area (Å²) in [6, 6.07) is 5.18. The van der Waals surface area contributed by atoms with Crippen LogP contribution in [-0.4, -0.2) is 33.7 Å². The molecule has 0 aliphatic carbocycles. The number of aromatic nitrogens is 3. The molecule has 2 atom stereocenters. The van der Waals surface area contributed by atoms with Crippen LogP contribution in [0.25, 0.3) is 0 Å². The van der Waals surface area contributed by atoms with Crippen LogP contribution in [0.5, 0.6) is 0 Å². The van der Waals surface area contributed by atoms with Gasteiger partial charge in [0.15, 0.2) is 0 Å². The first-order valence-electron chi connectivity index (χ1n) is 8.23. The van der Waals surface area contributed by atoms with Crippen molar-refractivity contribution in [1.82, 2.24) is 15.0 Å². The van der Waals surface area contributed by atoms with Crippen LogP contribution in [0.4, 0.5) is 16.7 Å². The lowest BCUT2D eigenvalue weighted by Gasteiger charge is -2.22. The second kappa shape index (κ2) is 7.63. The number of carbonyl (C=O) groups is 1. The maximum atomic E-state index is 12.1. The molecule has 0 spiro atoms. The van der Waals surface area contributed by atoms with Crippen molar-refractivity contribution in [3.8, 4) is 0 Å². The van der Waals surface area contributed by atoms with Crippen LogP contribution in [0, 0.1) is 5.92 Å². The number of nitrogens with zero attached hydrogens (tertiary/aromatic N) is 4. The highest BCUT2D eigenvalue weighted by Gasteiger charge is 2.38. The van der Waals surface area contributed by atoms with E-state index in [0.717, 1.165) is 5.56 Å². The van der Waals surface area contributed by atoms with Gasteiger partial charge < -0.3 is 10.1 Å².